The van der Waals surface area contributed by atoms with Crippen molar-refractivity contribution in [1.82, 2.24) is 0 Å². The third-order valence-corrected chi connectivity index (χ3v) is 3.46. The summed E-state index contributed by atoms with van der Waals surface area (Å²) in [6, 6.07) is 16.1. The Morgan fingerprint density at radius 1 is 0.778 bits per heavy atom. The lowest BCUT2D eigenvalue weighted by Gasteiger charge is -2.18. The van der Waals surface area contributed by atoms with Crippen LogP contribution in [0, 0.1) is 0 Å². The third-order valence-electron chi connectivity index (χ3n) is 3.46. The number of Topliss-reactive ketones (excluding diaryl/α,β-unsaturated/α-hetero) is 1. The van der Waals surface area contributed by atoms with Crippen LogP contribution in [0.5, 0.6) is 0 Å². The molecular formula is C17H14O. The van der Waals surface area contributed by atoms with Gasteiger partial charge in [0.25, 0.3) is 0 Å². The molecule has 0 saturated heterocycles. The van der Waals surface area contributed by atoms with E-state index >= 15 is 0 Å². The molecule has 0 atom stereocenters. The first-order valence-corrected chi connectivity index (χ1v) is 6.13. The highest BCUT2D eigenvalue weighted by Gasteiger charge is 2.18. The molecule has 1 heteroatoms. The summed E-state index contributed by atoms with van der Waals surface area (Å²) < 4.78 is 0. The first-order valence-electron chi connectivity index (χ1n) is 6.13. The van der Waals surface area contributed by atoms with Gasteiger partial charge in [-0.1, -0.05) is 55.1 Å². The molecule has 2 aromatic rings. The minimum Gasteiger partial charge on any atom is -0.299 e. The smallest absolute Gasteiger partial charge is 0.141 e. The van der Waals surface area contributed by atoms with Crippen LogP contribution in [-0.2, 0) is 17.6 Å². The maximum Gasteiger partial charge on any atom is 0.141 e. The fourth-order valence-electron chi connectivity index (χ4n) is 2.57. The Kier molecular flexibility index (Phi) is 2.60. The third kappa shape index (κ3) is 1.78. The summed E-state index contributed by atoms with van der Waals surface area (Å²) >= 11 is 0. The van der Waals surface area contributed by atoms with E-state index in [0.29, 0.717) is 12.8 Å². The highest BCUT2D eigenvalue weighted by Crippen LogP contribution is 2.30. The van der Waals surface area contributed by atoms with Crippen LogP contribution >= 0.6 is 0 Å². The van der Waals surface area contributed by atoms with Crippen molar-refractivity contribution in [3.63, 3.8) is 0 Å². The molecule has 2 aromatic carbocycles. The van der Waals surface area contributed by atoms with Gasteiger partial charge >= 0.3 is 0 Å². The molecule has 1 aliphatic rings. The average Bonchev–Trinajstić information content (AvgIpc) is 2.38. The molecule has 0 bridgehead atoms. The van der Waals surface area contributed by atoms with Crippen molar-refractivity contribution in [3.05, 3.63) is 77.4 Å². The SMILES string of the molecule is C=C1c2ccccc2CC(=O)Cc2ccccc21. The Hall–Kier alpha value is -2.15. The zero-order valence-electron chi connectivity index (χ0n) is 10.1. The monoisotopic (exact) mass is 234 g/mol. The van der Waals surface area contributed by atoms with Crippen LogP contribution in [-0.4, -0.2) is 5.78 Å². The van der Waals surface area contributed by atoms with E-state index in [1.54, 1.807) is 0 Å². The van der Waals surface area contributed by atoms with Gasteiger partial charge in [0.15, 0.2) is 0 Å². The molecule has 0 amide bonds. The zero-order chi connectivity index (χ0) is 12.5. The van der Waals surface area contributed by atoms with Gasteiger partial charge in [0.05, 0.1) is 0 Å². The molecule has 0 N–H and O–H groups in total. The van der Waals surface area contributed by atoms with Gasteiger partial charge in [-0.05, 0) is 27.8 Å². The molecule has 0 saturated carbocycles. The predicted molar refractivity (Wildman–Crippen MR) is 73.4 cm³/mol. The molecule has 0 unspecified atom stereocenters. The van der Waals surface area contributed by atoms with Gasteiger partial charge in [0.2, 0.25) is 0 Å². The molecule has 0 aliphatic heterocycles. The summed E-state index contributed by atoms with van der Waals surface area (Å²) in [7, 11) is 0. The van der Waals surface area contributed by atoms with Gasteiger partial charge in [0.1, 0.15) is 5.78 Å². The quantitative estimate of drug-likeness (QED) is 0.682. The first-order chi connectivity index (χ1) is 8.75. The largest absolute Gasteiger partial charge is 0.299 e. The van der Waals surface area contributed by atoms with Crippen LogP contribution in [0.25, 0.3) is 5.57 Å². The van der Waals surface area contributed by atoms with Gasteiger partial charge in [-0.25, -0.2) is 0 Å². The van der Waals surface area contributed by atoms with Gasteiger partial charge in [0, 0.05) is 12.8 Å². The number of ketones is 1. The number of carbonyl (C=O) groups excluding carboxylic acids is 1. The Bertz CT molecular complexity index is 584. The summed E-state index contributed by atoms with van der Waals surface area (Å²) in [6.45, 7) is 4.21. The molecule has 18 heavy (non-hydrogen) atoms. The van der Waals surface area contributed by atoms with E-state index in [1.807, 2.05) is 48.5 Å². The van der Waals surface area contributed by atoms with Gasteiger partial charge in [-0.2, -0.15) is 0 Å². The van der Waals surface area contributed by atoms with E-state index < -0.39 is 0 Å². The van der Waals surface area contributed by atoms with Crippen molar-refractivity contribution in [2.45, 2.75) is 12.8 Å². The minimum atomic E-state index is 0.266. The Morgan fingerprint density at radius 2 is 1.22 bits per heavy atom. The van der Waals surface area contributed by atoms with Crippen LogP contribution in [0.3, 0.4) is 0 Å². The second-order valence-corrected chi connectivity index (χ2v) is 4.69. The minimum absolute atomic E-state index is 0.266. The second-order valence-electron chi connectivity index (χ2n) is 4.69. The second kappa shape index (κ2) is 4.26. The lowest BCUT2D eigenvalue weighted by molar-refractivity contribution is -0.117. The van der Waals surface area contributed by atoms with Crippen LogP contribution in [0.4, 0.5) is 0 Å². The molecule has 0 fully saturated rings. The first kappa shape index (κ1) is 11.0. The lowest BCUT2D eigenvalue weighted by Crippen LogP contribution is -2.13. The molecule has 0 spiro atoms. The molecule has 1 nitrogen and oxygen atoms in total. The van der Waals surface area contributed by atoms with Gasteiger partial charge < -0.3 is 0 Å². The van der Waals surface area contributed by atoms with E-state index in [-0.39, 0.29) is 5.78 Å². The fourth-order valence-corrected chi connectivity index (χ4v) is 2.57. The summed E-state index contributed by atoms with van der Waals surface area (Å²) in [5, 5.41) is 0. The molecule has 0 aromatic heterocycles. The fraction of sp³-hybridized carbons (Fsp3) is 0.118. The van der Waals surface area contributed by atoms with Crippen molar-refractivity contribution in [2.24, 2.45) is 0 Å². The maximum absolute atomic E-state index is 12.0. The lowest BCUT2D eigenvalue weighted by atomic mass is 9.85. The maximum atomic E-state index is 12.0. The van der Waals surface area contributed by atoms with E-state index in [0.717, 1.165) is 27.8 Å². The van der Waals surface area contributed by atoms with Crippen LogP contribution in [0.2, 0.25) is 0 Å². The van der Waals surface area contributed by atoms with Crippen LogP contribution in [0.15, 0.2) is 55.1 Å². The summed E-state index contributed by atoms with van der Waals surface area (Å²) in [4.78, 5) is 12.0. The number of hydrogen-bond acceptors (Lipinski definition) is 1. The van der Waals surface area contributed by atoms with E-state index in [1.165, 1.54) is 0 Å². The average molecular weight is 234 g/mol. The molecule has 1 aliphatic carbocycles. The Morgan fingerprint density at radius 3 is 1.72 bits per heavy atom. The molecule has 3 rings (SSSR count). The Balaban J connectivity index is 2.23. The molecular weight excluding hydrogens is 220 g/mol. The van der Waals surface area contributed by atoms with Crippen LogP contribution in [0.1, 0.15) is 22.3 Å². The van der Waals surface area contributed by atoms with Crippen molar-refractivity contribution >= 4 is 11.4 Å². The molecule has 88 valence electrons. The van der Waals surface area contributed by atoms with E-state index in [9.17, 15) is 4.79 Å². The number of fused-ring (bicyclic) bond motifs is 2. The normalized spacial score (nSPS) is 14.4. The zero-order valence-corrected chi connectivity index (χ0v) is 10.1. The van der Waals surface area contributed by atoms with Crippen LogP contribution < -0.4 is 0 Å². The van der Waals surface area contributed by atoms with E-state index in [2.05, 4.69) is 6.58 Å². The topological polar surface area (TPSA) is 17.1 Å². The van der Waals surface area contributed by atoms with E-state index in [4.69, 9.17) is 0 Å². The number of rotatable bonds is 0. The summed E-state index contributed by atoms with van der Waals surface area (Å²) in [5.41, 5.74) is 5.38. The number of benzene rings is 2. The molecule has 0 heterocycles. The van der Waals surface area contributed by atoms with Gasteiger partial charge in [-0.3, -0.25) is 4.79 Å². The van der Waals surface area contributed by atoms with Crippen molar-refractivity contribution in [1.29, 1.82) is 0 Å². The predicted octanol–water partition coefficient (Wildman–Crippen LogP) is 3.42. The van der Waals surface area contributed by atoms with Crippen molar-refractivity contribution in [2.75, 3.05) is 0 Å². The molecule has 0 radical (unpaired) electrons. The highest BCUT2D eigenvalue weighted by molar-refractivity contribution is 5.91. The number of hydrogen-bond donors (Lipinski definition) is 0. The summed E-state index contributed by atoms with van der Waals surface area (Å²) in [5.74, 6) is 0.266. The standard InChI is InChI=1S/C17H14O/c1-12-16-8-4-2-6-13(16)10-15(18)11-14-7-3-5-9-17(12)14/h2-9H,1,10-11H2. The number of carbonyl (C=O) groups is 1. The summed E-state index contributed by atoms with van der Waals surface area (Å²) in [6.07, 6.45) is 1.01. The van der Waals surface area contributed by atoms with Crippen molar-refractivity contribution in [3.8, 4) is 0 Å². The van der Waals surface area contributed by atoms with Gasteiger partial charge in [-0.15, -0.1) is 0 Å². The highest BCUT2D eigenvalue weighted by atomic mass is 16.1. The van der Waals surface area contributed by atoms with Crippen molar-refractivity contribution < 1.29 is 4.79 Å². The Labute approximate surface area is 107 Å².